The molecule has 0 saturated heterocycles. The highest BCUT2D eigenvalue weighted by molar-refractivity contribution is 6.30. The number of nitrogens with zero attached hydrogens (tertiary/aromatic N) is 2. The number of ether oxygens (including phenoxy) is 1. The highest BCUT2D eigenvalue weighted by Gasteiger charge is 2.18. The lowest BCUT2D eigenvalue weighted by Crippen LogP contribution is -2.10. The van der Waals surface area contributed by atoms with Gasteiger partial charge in [-0.2, -0.15) is 0 Å². The van der Waals surface area contributed by atoms with Gasteiger partial charge < -0.3 is 15.0 Å². The Bertz CT molecular complexity index is 620. The number of aromatic nitrogens is 2. The molecule has 0 amide bonds. The Balaban J connectivity index is 2.15. The van der Waals surface area contributed by atoms with E-state index in [4.69, 9.17) is 17.3 Å². The van der Waals surface area contributed by atoms with Crippen molar-refractivity contribution in [2.75, 3.05) is 12.8 Å². The van der Waals surface area contributed by atoms with Crippen LogP contribution in [0.25, 0.3) is 0 Å². The molecule has 0 fully saturated rings. The number of carbonyl (C=O) groups excluding carboxylic acids is 1. The molecule has 20 heavy (non-hydrogen) atoms. The molecule has 5 nitrogen and oxygen atoms in total. The van der Waals surface area contributed by atoms with Gasteiger partial charge in [-0.3, -0.25) is 0 Å². The maximum absolute atomic E-state index is 11.5. The van der Waals surface area contributed by atoms with Crippen LogP contribution >= 0.6 is 11.6 Å². The molecule has 0 bridgehead atoms. The Labute approximate surface area is 122 Å². The first-order chi connectivity index (χ1) is 9.52. The topological polar surface area (TPSA) is 70.1 Å². The number of esters is 1. The lowest BCUT2D eigenvalue weighted by molar-refractivity contribution is 0.0595. The Hall–Kier alpha value is -2.01. The van der Waals surface area contributed by atoms with Gasteiger partial charge in [0.25, 0.3) is 0 Å². The third kappa shape index (κ3) is 2.93. The van der Waals surface area contributed by atoms with Gasteiger partial charge >= 0.3 is 5.97 Å². The standard InChI is InChI=1S/C14H16ClN3O2/c1-9-17-12(14(19)20-2)13(16)18(9)8-7-10-3-5-11(15)6-4-10/h3-6H,7-8,16H2,1-2H3. The lowest BCUT2D eigenvalue weighted by atomic mass is 10.1. The molecule has 0 unspecified atom stereocenters. The molecule has 2 N–H and O–H groups in total. The molecule has 0 radical (unpaired) electrons. The summed E-state index contributed by atoms with van der Waals surface area (Å²) in [5, 5.41) is 0.708. The Kier molecular flexibility index (Phi) is 4.29. The molecule has 1 aromatic carbocycles. The van der Waals surface area contributed by atoms with Crippen LogP contribution in [0.4, 0.5) is 5.82 Å². The number of anilines is 1. The summed E-state index contributed by atoms with van der Waals surface area (Å²) < 4.78 is 6.46. The van der Waals surface area contributed by atoms with Crippen molar-refractivity contribution in [2.45, 2.75) is 19.9 Å². The average molecular weight is 294 g/mol. The van der Waals surface area contributed by atoms with Crippen molar-refractivity contribution in [3.05, 3.63) is 46.4 Å². The maximum atomic E-state index is 11.5. The number of methoxy groups -OCH3 is 1. The fourth-order valence-electron chi connectivity index (χ4n) is 2.00. The van der Waals surface area contributed by atoms with Crippen LogP contribution in [0, 0.1) is 6.92 Å². The quantitative estimate of drug-likeness (QED) is 0.879. The SMILES string of the molecule is COC(=O)c1nc(C)n(CCc2ccc(Cl)cc2)c1N. The summed E-state index contributed by atoms with van der Waals surface area (Å²) in [4.78, 5) is 15.7. The van der Waals surface area contributed by atoms with Crippen LogP contribution in [0.3, 0.4) is 0 Å². The predicted octanol–water partition coefficient (Wildman–Crippen LogP) is 2.46. The van der Waals surface area contributed by atoms with Crippen LogP contribution in [0.2, 0.25) is 5.02 Å². The largest absolute Gasteiger partial charge is 0.464 e. The fraction of sp³-hybridized carbons (Fsp3) is 0.286. The molecule has 0 saturated carbocycles. The number of imidazole rings is 1. The summed E-state index contributed by atoms with van der Waals surface area (Å²) in [5.74, 6) is 0.510. The number of aryl methyl sites for hydroxylation is 2. The van der Waals surface area contributed by atoms with Gasteiger partial charge in [0.15, 0.2) is 5.69 Å². The van der Waals surface area contributed by atoms with Crippen LogP contribution in [0.5, 0.6) is 0 Å². The van der Waals surface area contributed by atoms with E-state index in [9.17, 15) is 4.79 Å². The minimum absolute atomic E-state index is 0.168. The third-order valence-corrected chi connectivity index (χ3v) is 3.37. The molecular formula is C14H16ClN3O2. The summed E-state index contributed by atoms with van der Waals surface area (Å²) in [6, 6.07) is 7.62. The number of hydrogen-bond donors (Lipinski definition) is 1. The molecule has 1 heterocycles. The van der Waals surface area contributed by atoms with Crippen molar-refractivity contribution >= 4 is 23.4 Å². The van der Waals surface area contributed by atoms with Crippen LogP contribution in [-0.4, -0.2) is 22.6 Å². The van der Waals surface area contributed by atoms with E-state index in [1.165, 1.54) is 7.11 Å². The number of carbonyl (C=O) groups is 1. The van der Waals surface area contributed by atoms with Crippen molar-refractivity contribution in [2.24, 2.45) is 0 Å². The van der Waals surface area contributed by atoms with Gasteiger partial charge in [0, 0.05) is 11.6 Å². The van der Waals surface area contributed by atoms with Gasteiger partial charge in [-0.1, -0.05) is 23.7 Å². The van der Waals surface area contributed by atoms with Crippen molar-refractivity contribution in [1.82, 2.24) is 9.55 Å². The van der Waals surface area contributed by atoms with Gasteiger partial charge in [0.05, 0.1) is 7.11 Å². The van der Waals surface area contributed by atoms with Crippen molar-refractivity contribution in [1.29, 1.82) is 0 Å². The molecule has 0 aliphatic carbocycles. The summed E-state index contributed by atoms with van der Waals surface area (Å²) in [7, 11) is 1.31. The highest BCUT2D eigenvalue weighted by atomic mass is 35.5. The molecule has 2 rings (SSSR count). The minimum Gasteiger partial charge on any atom is -0.464 e. The third-order valence-electron chi connectivity index (χ3n) is 3.11. The second kappa shape index (κ2) is 5.96. The Morgan fingerprint density at radius 2 is 2.05 bits per heavy atom. The van der Waals surface area contributed by atoms with E-state index in [1.807, 2.05) is 31.2 Å². The molecule has 106 valence electrons. The zero-order valence-corrected chi connectivity index (χ0v) is 12.1. The number of halogens is 1. The monoisotopic (exact) mass is 293 g/mol. The summed E-state index contributed by atoms with van der Waals surface area (Å²) in [6.07, 6.45) is 0.777. The number of nitrogens with two attached hydrogens (primary N) is 1. The molecule has 0 aliphatic rings. The normalized spacial score (nSPS) is 10.6. The van der Waals surface area contributed by atoms with E-state index in [0.29, 0.717) is 23.2 Å². The fourth-order valence-corrected chi connectivity index (χ4v) is 2.13. The first kappa shape index (κ1) is 14.4. The van der Waals surface area contributed by atoms with E-state index < -0.39 is 5.97 Å². The average Bonchev–Trinajstić information content (AvgIpc) is 2.73. The number of rotatable bonds is 4. The Morgan fingerprint density at radius 3 is 2.65 bits per heavy atom. The van der Waals surface area contributed by atoms with Gasteiger partial charge in [0.2, 0.25) is 0 Å². The molecule has 0 spiro atoms. The van der Waals surface area contributed by atoms with E-state index in [2.05, 4.69) is 9.72 Å². The van der Waals surface area contributed by atoms with Gasteiger partial charge in [-0.15, -0.1) is 0 Å². The van der Waals surface area contributed by atoms with Gasteiger partial charge in [-0.25, -0.2) is 9.78 Å². The van der Waals surface area contributed by atoms with E-state index in [0.717, 1.165) is 12.0 Å². The first-order valence-corrected chi connectivity index (χ1v) is 6.56. The van der Waals surface area contributed by atoms with Crippen LogP contribution in [0.15, 0.2) is 24.3 Å². The zero-order valence-electron chi connectivity index (χ0n) is 11.4. The number of nitrogen functional groups attached to an aromatic ring is 1. The predicted molar refractivity (Wildman–Crippen MR) is 77.9 cm³/mol. The first-order valence-electron chi connectivity index (χ1n) is 6.18. The van der Waals surface area contributed by atoms with Gasteiger partial charge in [-0.05, 0) is 31.0 Å². The Morgan fingerprint density at radius 1 is 1.40 bits per heavy atom. The molecule has 2 aromatic rings. The molecular weight excluding hydrogens is 278 g/mol. The molecule has 0 atom stereocenters. The van der Waals surface area contributed by atoms with Crippen LogP contribution in [-0.2, 0) is 17.7 Å². The minimum atomic E-state index is -0.518. The van der Waals surface area contributed by atoms with Gasteiger partial charge in [0.1, 0.15) is 11.6 Å². The highest BCUT2D eigenvalue weighted by Crippen LogP contribution is 2.17. The van der Waals surface area contributed by atoms with Crippen molar-refractivity contribution in [3.8, 4) is 0 Å². The number of hydrogen-bond acceptors (Lipinski definition) is 4. The smallest absolute Gasteiger partial charge is 0.360 e. The molecule has 6 heteroatoms. The molecule has 1 aromatic heterocycles. The second-order valence-corrected chi connectivity index (χ2v) is 4.85. The second-order valence-electron chi connectivity index (χ2n) is 4.41. The van der Waals surface area contributed by atoms with Crippen LogP contribution < -0.4 is 5.73 Å². The van der Waals surface area contributed by atoms with E-state index >= 15 is 0 Å². The van der Waals surface area contributed by atoms with E-state index in [-0.39, 0.29) is 5.69 Å². The van der Waals surface area contributed by atoms with E-state index in [1.54, 1.807) is 4.57 Å². The van der Waals surface area contributed by atoms with Crippen molar-refractivity contribution < 1.29 is 9.53 Å². The maximum Gasteiger partial charge on any atom is 0.360 e. The molecule has 0 aliphatic heterocycles. The van der Waals surface area contributed by atoms with Crippen LogP contribution in [0.1, 0.15) is 21.9 Å². The summed E-state index contributed by atoms with van der Waals surface area (Å²) in [5.41, 5.74) is 7.26. The number of benzene rings is 1. The summed E-state index contributed by atoms with van der Waals surface area (Å²) in [6.45, 7) is 2.45. The van der Waals surface area contributed by atoms with Crippen molar-refractivity contribution in [3.63, 3.8) is 0 Å². The summed E-state index contributed by atoms with van der Waals surface area (Å²) >= 11 is 5.85. The zero-order chi connectivity index (χ0) is 14.7. The lowest BCUT2D eigenvalue weighted by Gasteiger charge is -2.08.